The molecule has 0 fully saturated rings. The minimum Gasteiger partial charge on any atom is -0.358 e. The predicted octanol–water partition coefficient (Wildman–Crippen LogP) is 2.42. The van der Waals surface area contributed by atoms with E-state index in [2.05, 4.69) is 24.1 Å². The highest BCUT2D eigenvalue weighted by atomic mass is 19.1. The van der Waals surface area contributed by atoms with Crippen molar-refractivity contribution in [3.8, 4) is 0 Å². The number of rotatable bonds is 6. The van der Waals surface area contributed by atoms with E-state index in [1.165, 1.54) is 0 Å². The molecule has 1 aromatic rings. The monoisotopic (exact) mass is 239 g/mol. The van der Waals surface area contributed by atoms with Gasteiger partial charge in [0.15, 0.2) is 11.6 Å². The Morgan fingerprint density at radius 2 is 2.18 bits per heavy atom. The average molecular weight is 239 g/mol. The topological polar surface area (TPSA) is 28.2 Å². The van der Waals surface area contributed by atoms with Gasteiger partial charge in [0, 0.05) is 31.9 Å². The molecule has 0 amide bonds. The predicted molar refractivity (Wildman–Crippen MR) is 69.7 cm³/mol. The largest absolute Gasteiger partial charge is 0.358 e. The Bertz CT molecular complexity index is 353. The zero-order chi connectivity index (χ0) is 12.8. The van der Waals surface area contributed by atoms with Crippen LogP contribution in [0.15, 0.2) is 12.3 Å². The van der Waals surface area contributed by atoms with Gasteiger partial charge in [0.05, 0.1) is 0 Å². The second-order valence-electron chi connectivity index (χ2n) is 4.65. The Kier molecular flexibility index (Phi) is 5.35. The molecule has 96 valence electrons. The zero-order valence-corrected chi connectivity index (χ0v) is 11.1. The summed E-state index contributed by atoms with van der Waals surface area (Å²) in [7, 11) is 1.84. The second kappa shape index (κ2) is 6.55. The van der Waals surface area contributed by atoms with Gasteiger partial charge in [-0.2, -0.15) is 0 Å². The molecule has 17 heavy (non-hydrogen) atoms. The standard InChI is InChI=1S/C13H22FN3/c1-5-17(4)13-12(14)11(6-7-16-13)9-15-8-10(2)3/h6-7,10,15H,5,8-9H2,1-4H3. The number of hydrogen-bond acceptors (Lipinski definition) is 3. The van der Waals surface area contributed by atoms with Crippen molar-refractivity contribution in [3.05, 3.63) is 23.6 Å². The number of pyridine rings is 1. The summed E-state index contributed by atoms with van der Waals surface area (Å²) >= 11 is 0. The third-order valence-electron chi connectivity index (χ3n) is 2.65. The first kappa shape index (κ1) is 13.9. The number of halogens is 1. The van der Waals surface area contributed by atoms with E-state index in [0.29, 0.717) is 23.8 Å². The zero-order valence-electron chi connectivity index (χ0n) is 11.1. The fourth-order valence-electron chi connectivity index (χ4n) is 1.52. The highest BCUT2D eigenvalue weighted by Crippen LogP contribution is 2.17. The van der Waals surface area contributed by atoms with Gasteiger partial charge in [-0.25, -0.2) is 9.37 Å². The maximum atomic E-state index is 14.1. The summed E-state index contributed by atoms with van der Waals surface area (Å²) in [5, 5.41) is 3.24. The minimum absolute atomic E-state index is 0.215. The number of hydrogen-bond donors (Lipinski definition) is 1. The van der Waals surface area contributed by atoms with E-state index in [9.17, 15) is 4.39 Å². The maximum Gasteiger partial charge on any atom is 0.170 e. The lowest BCUT2D eigenvalue weighted by atomic mass is 10.2. The van der Waals surface area contributed by atoms with Crippen LogP contribution in [0, 0.1) is 11.7 Å². The molecular weight excluding hydrogens is 217 g/mol. The lowest BCUT2D eigenvalue weighted by Gasteiger charge is -2.17. The third kappa shape index (κ3) is 3.97. The highest BCUT2D eigenvalue weighted by Gasteiger charge is 2.11. The van der Waals surface area contributed by atoms with Crippen molar-refractivity contribution in [2.75, 3.05) is 25.0 Å². The summed E-state index contributed by atoms with van der Waals surface area (Å²) in [4.78, 5) is 5.88. The van der Waals surface area contributed by atoms with Crippen LogP contribution in [0.1, 0.15) is 26.3 Å². The molecule has 0 spiro atoms. The molecule has 0 aliphatic heterocycles. The Balaban J connectivity index is 2.73. The molecule has 0 aliphatic carbocycles. The van der Waals surface area contributed by atoms with Gasteiger partial charge in [0.1, 0.15) is 0 Å². The van der Waals surface area contributed by atoms with Gasteiger partial charge in [0.25, 0.3) is 0 Å². The van der Waals surface area contributed by atoms with Crippen molar-refractivity contribution in [2.24, 2.45) is 5.92 Å². The molecule has 3 nitrogen and oxygen atoms in total. The van der Waals surface area contributed by atoms with E-state index in [0.717, 1.165) is 13.1 Å². The lowest BCUT2D eigenvalue weighted by molar-refractivity contribution is 0.532. The van der Waals surface area contributed by atoms with Crippen LogP contribution in [0.5, 0.6) is 0 Å². The Morgan fingerprint density at radius 3 is 2.76 bits per heavy atom. The Morgan fingerprint density at radius 1 is 1.47 bits per heavy atom. The van der Waals surface area contributed by atoms with Crippen LogP contribution in [0.4, 0.5) is 10.2 Å². The van der Waals surface area contributed by atoms with E-state index in [1.54, 1.807) is 17.2 Å². The summed E-state index contributed by atoms with van der Waals surface area (Å²) in [5.41, 5.74) is 0.677. The van der Waals surface area contributed by atoms with E-state index >= 15 is 0 Å². The molecule has 1 N–H and O–H groups in total. The molecule has 0 aromatic carbocycles. The van der Waals surface area contributed by atoms with Gasteiger partial charge in [-0.05, 0) is 25.5 Å². The Labute approximate surface area is 103 Å². The minimum atomic E-state index is -0.215. The lowest BCUT2D eigenvalue weighted by Crippen LogP contribution is -2.22. The molecular formula is C13H22FN3. The molecule has 0 saturated heterocycles. The number of aromatic nitrogens is 1. The van der Waals surface area contributed by atoms with Crippen molar-refractivity contribution >= 4 is 5.82 Å². The molecule has 0 bridgehead atoms. The first-order valence-corrected chi connectivity index (χ1v) is 6.11. The van der Waals surface area contributed by atoms with Crippen LogP contribution in [0.3, 0.4) is 0 Å². The van der Waals surface area contributed by atoms with Gasteiger partial charge in [-0.1, -0.05) is 13.8 Å². The molecule has 1 rings (SSSR count). The number of anilines is 1. The maximum absolute atomic E-state index is 14.1. The third-order valence-corrected chi connectivity index (χ3v) is 2.65. The fourth-order valence-corrected chi connectivity index (χ4v) is 1.52. The van der Waals surface area contributed by atoms with Gasteiger partial charge >= 0.3 is 0 Å². The van der Waals surface area contributed by atoms with Crippen molar-refractivity contribution in [1.29, 1.82) is 0 Å². The van der Waals surface area contributed by atoms with Crippen LogP contribution in [-0.2, 0) is 6.54 Å². The molecule has 1 aromatic heterocycles. The number of nitrogens with one attached hydrogen (secondary N) is 1. The van der Waals surface area contributed by atoms with Crippen molar-refractivity contribution in [1.82, 2.24) is 10.3 Å². The summed E-state index contributed by atoms with van der Waals surface area (Å²) in [6.45, 7) is 8.42. The molecule has 1 heterocycles. The van der Waals surface area contributed by atoms with Gasteiger partial charge < -0.3 is 10.2 Å². The first-order valence-electron chi connectivity index (χ1n) is 6.11. The summed E-state index contributed by atoms with van der Waals surface area (Å²) in [5.74, 6) is 0.780. The van der Waals surface area contributed by atoms with E-state index < -0.39 is 0 Å². The van der Waals surface area contributed by atoms with Crippen molar-refractivity contribution < 1.29 is 4.39 Å². The fraction of sp³-hybridized carbons (Fsp3) is 0.615. The van der Waals surface area contributed by atoms with Gasteiger partial charge in [-0.3, -0.25) is 0 Å². The van der Waals surface area contributed by atoms with Crippen LogP contribution >= 0.6 is 0 Å². The van der Waals surface area contributed by atoms with Crippen LogP contribution in [0.2, 0.25) is 0 Å². The van der Waals surface area contributed by atoms with Gasteiger partial charge in [-0.15, -0.1) is 0 Å². The second-order valence-corrected chi connectivity index (χ2v) is 4.65. The Hall–Kier alpha value is -1.16. The normalized spacial score (nSPS) is 10.9. The average Bonchev–Trinajstić information content (AvgIpc) is 2.30. The van der Waals surface area contributed by atoms with E-state index in [-0.39, 0.29) is 5.82 Å². The van der Waals surface area contributed by atoms with Crippen molar-refractivity contribution in [2.45, 2.75) is 27.3 Å². The van der Waals surface area contributed by atoms with Crippen LogP contribution < -0.4 is 10.2 Å². The molecule has 0 saturated carbocycles. The summed E-state index contributed by atoms with van der Waals surface area (Å²) < 4.78 is 14.1. The van der Waals surface area contributed by atoms with Gasteiger partial charge in [0.2, 0.25) is 0 Å². The molecule has 0 atom stereocenters. The first-order chi connectivity index (χ1) is 8.06. The summed E-state index contributed by atoms with van der Waals surface area (Å²) in [6.07, 6.45) is 1.66. The molecule has 4 heteroatoms. The molecule has 0 unspecified atom stereocenters. The molecule has 0 radical (unpaired) electrons. The number of nitrogens with zero attached hydrogens (tertiary/aromatic N) is 2. The smallest absolute Gasteiger partial charge is 0.170 e. The summed E-state index contributed by atoms with van der Waals surface area (Å²) in [6, 6.07) is 1.73. The highest BCUT2D eigenvalue weighted by molar-refractivity contribution is 5.42. The molecule has 0 aliphatic rings. The van der Waals surface area contributed by atoms with E-state index in [1.807, 2.05) is 14.0 Å². The quantitative estimate of drug-likeness (QED) is 0.826. The van der Waals surface area contributed by atoms with Crippen molar-refractivity contribution in [3.63, 3.8) is 0 Å². The SMILES string of the molecule is CCN(C)c1nccc(CNCC(C)C)c1F. The van der Waals surface area contributed by atoms with Crippen LogP contribution in [-0.4, -0.2) is 25.1 Å². The van der Waals surface area contributed by atoms with Crippen LogP contribution in [0.25, 0.3) is 0 Å². The van der Waals surface area contributed by atoms with E-state index in [4.69, 9.17) is 0 Å².